The van der Waals surface area contributed by atoms with Crippen LogP contribution in [0.5, 0.6) is 0 Å². The van der Waals surface area contributed by atoms with Crippen LogP contribution in [0.15, 0.2) is 29.2 Å². The molecule has 112 valence electrons. The first-order valence-corrected chi connectivity index (χ1v) is 9.59. The number of aryl methyl sites for hydroxylation is 1. The maximum atomic E-state index is 12.2. The molecule has 0 aliphatic heterocycles. The molecule has 3 nitrogen and oxygen atoms in total. The lowest BCUT2D eigenvalue weighted by Crippen LogP contribution is -2.33. The Morgan fingerprint density at radius 1 is 1.20 bits per heavy atom. The fraction of sp³-hybridized carbons (Fsp3) is 0.600. The largest absolute Gasteiger partial charge is 0.240 e. The van der Waals surface area contributed by atoms with Crippen LogP contribution in [0.3, 0.4) is 0 Å². The number of hydrogen-bond donors (Lipinski definition) is 1. The van der Waals surface area contributed by atoms with E-state index >= 15 is 0 Å². The van der Waals surface area contributed by atoms with Crippen LogP contribution in [0, 0.1) is 12.8 Å². The third kappa shape index (κ3) is 4.30. The summed E-state index contributed by atoms with van der Waals surface area (Å²) in [6.07, 6.45) is 6.23. The predicted octanol–water partition coefficient (Wildman–Crippen LogP) is 3.62. The standard InChI is InChI=1S/C15H22BrNO2S/c1-12-7-9-14(10-8-12)20(18,19)17-11-15(16)13-5-3-2-4-6-13/h7-10,13,15,17H,2-6,11H2,1H3. The summed E-state index contributed by atoms with van der Waals surface area (Å²) in [5.74, 6) is 0.587. The van der Waals surface area contributed by atoms with Gasteiger partial charge in [0.2, 0.25) is 10.0 Å². The molecular weight excluding hydrogens is 338 g/mol. The Balaban J connectivity index is 1.93. The molecule has 1 aromatic rings. The van der Waals surface area contributed by atoms with Crippen molar-refractivity contribution >= 4 is 26.0 Å². The van der Waals surface area contributed by atoms with Gasteiger partial charge in [-0.05, 0) is 37.8 Å². The molecule has 0 amide bonds. The van der Waals surface area contributed by atoms with Crippen molar-refractivity contribution in [2.75, 3.05) is 6.54 Å². The first-order valence-electron chi connectivity index (χ1n) is 7.19. The normalized spacial score (nSPS) is 18.9. The maximum absolute atomic E-state index is 12.2. The second-order valence-electron chi connectivity index (χ2n) is 5.58. The van der Waals surface area contributed by atoms with E-state index in [9.17, 15) is 8.42 Å². The van der Waals surface area contributed by atoms with Gasteiger partial charge in [0.15, 0.2) is 0 Å². The van der Waals surface area contributed by atoms with E-state index in [1.54, 1.807) is 12.1 Å². The summed E-state index contributed by atoms with van der Waals surface area (Å²) in [7, 11) is -3.39. The smallest absolute Gasteiger partial charge is 0.210 e. The molecule has 0 spiro atoms. The Bertz CT molecular complexity index is 521. The highest BCUT2D eigenvalue weighted by atomic mass is 79.9. The minimum atomic E-state index is -3.39. The quantitative estimate of drug-likeness (QED) is 0.816. The molecule has 1 unspecified atom stereocenters. The predicted molar refractivity (Wildman–Crippen MR) is 85.7 cm³/mol. The Morgan fingerprint density at radius 2 is 1.80 bits per heavy atom. The highest BCUT2D eigenvalue weighted by Gasteiger charge is 2.23. The van der Waals surface area contributed by atoms with Crippen molar-refractivity contribution in [1.29, 1.82) is 0 Å². The van der Waals surface area contributed by atoms with E-state index in [1.165, 1.54) is 32.1 Å². The van der Waals surface area contributed by atoms with E-state index in [-0.39, 0.29) is 4.83 Å². The lowest BCUT2D eigenvalue weighted by atomic mass is 9.87. The average molecular weight is 360 g/mol. The van der Waals surface area contributed by atoms with Gasteiger partial charge in [0.1, 0.15) is 0 Å². The molecule has 2 rings (SSSR count). The molecule has 0 saturated heterocycles. The molecule has 1 aliphatic rings. The molecule has 1 fully saturated rings. The van der Waals surface area contributed by atoms with Crippen LogP contribution < -0.4 is 4.72 Å². The summed E-state index contributed by atoms with van der Waals surface area (Å²) in [4.78, 5) is 0.564. The van der Waals surface area contributed by atoms with Gasteiger partial charge in [-0.1, -0.05) is 52.9 Å². The van der Waals surface area contributed by atoms with Crippen molar-refractivity contribution in [3.05, 3.63) is 29.8 Å². The topological polar surface area (TPSA) is 46.2 Å². The van der Waals surface area contributed by atoms with E-state index in [0.29, 0.717) is 17.4 Å². The van der Waals surface area contributed by atoms with Gasteiger partial charge >= 0.3 is 0 Å². The summed E-state index contributed by atoms with van der Waals surface area (Å²) in [5.41, 5.74) is 1.06. The third-order valence-electron chi connectivity index (χ3n) is 3.96. The van der Waals surface area contributed by atoms with Gasteiger partial charge in [0.25, 0.3) is 0 Å². The number of nitrogens with one attached hydrogen (secondary N) is 1. The molecule has 0 heterocycles. The minimum Gasteiger partial charge on any atom is -0.210 e. The fourth-order valence-corrected chi connectivity index (χ4v) is 4.62. The van der Waals surface area contributed by atoms with E-state index in [4.69, 9.17) is 0 Å². The first-order chi connectivity index (χ1) is 9.49. The van der Waals surface area contributed by atoms with Crippen LogP contribution in [-0.2, 0) is 10.0 Å². The van der Waals surface area contributed by atoms with E-state index in [1.807, 2.05) is 19.1 Å². The second-order valence-corrected chi connectivity index (χ2v) is 8.52. The Morgan fingerprint density at radius 3 is 2.40 bits per heavy atom. The summed E-state index contributed by atoms with van der Waals surface area (Å²) >= 11 is 3.65. The Labute approximate surface area is 130 Å². The molecule has 1 aliphatic carbocycles. The van der Waals surface area contributed by atoms with Crippen LogP contribution in [0.1, 0.15) is 37.7 Å². The van der Waals surface area contributed by atoms with Gasteiger partial charge in [0.05, 0.1) is 4.90 Å². The van der Waals surface area contributed by atoms with Crippen LogP contribution in [0.25, 0.3) is 0 Å². The molecular formula is C15H22BrNO2S. The van der Waals surface area contributed by atoms with E-state index in [0.717, 1.165) is 5.56 Å². The minimum absolute atomic E-state index is 0.225. The van der Waals surface area contributed by atoms with Crippen molar-refractivity contribution in [1.82, 2.24) is 4.72 Å². The highest BCUT2D eigenvalue weighted by Crippen LogP contribution is 2.29. The fourth-order valence-electron chi connectivity index (χ4n) is 2.65. The number of benzene rings is 1. The van der Waals surface area contributed by atoms with E-state index in [2.05, 4.69) is 20.7 Å². The Hall–Kier alpha value is -0.390. The van der Waals surface area contributed by atoms with Crippen molar-refractivity contribution < 1.29 is 8.42 Å². The molecule has 0 radical (unpaired) electrons. The maximum Gasteiger partial charge on any atom is 0.240 e. The third-order valence-corrected chi connectivity index (χ3v) is 6.47. The summed E-state index contributed by atoms with van der Waals surface area (Å²) in [6.45, 7) is 2.41. The molecule has 1 atom stereocenters. The SMILES string of the molecule is Cc1ccc(S(=O)(=O)NCC(Br)C2CCCCC2)cc1. The lowest BCUT2D eigenvalue weighted by molar-refractivity contribution is 0.351. The van der Waals surface area contributed by atoms with Crippen LogP contribution in [-0.4, -0.2) is 19.8 Å². The van der Waals surface area contributed by atoms with Gasteiger partial charge in [-0.2, -0.15) is 0 Å². The van der Waals surface area contributed by atoms with Gasteiger partial charge in [0, 0.05) is 11.4 Å². The molecule has 1 aromatic carbocycles. The molecule has 1 saturated carbocycles. The highest BCUT2D eigenvalue weighted by molar-refractivity contribution is 9.09. The molecule has 1 N–H and O–H groups in total. The zero-order valence-electron chi connectivity index (χ0n) is 11.8. The molecule has 0 bridgehead atoms. The molecule has 5 heteroatoms. The van der Waals surface area contributed by atoms with E-state index < -0.39 is 10.0 Å². The van der Waals surface area contributed by atoms with Gasteiger partial charge in [-0.15, -0.1) is 0 Å². The molecule has 0 aromatic heterocycles. The van der Waals surface area contributed by atoms with Crippen molar-refractivity contribution in [2.45, 2.75) is 48.8 Å². The average Bonchev–Trinajstić information content (AvgIpc) is 2.46. The van der Waals surface area contributed by atoms with Crippen molar-refractivity contribution in [3.63, 3.8) is 0 Å². The van der Waals surface area contributed by atoms with Gasteiger partial charge in [-0.3, -0.25) is 0 Å². The molecule has 20 heavy (non-hydrogen) atoms. The second kappa shape index (κ2) is 7.05. The zero-order valence-corrected chi connectivity index (χ0v) is 14.2. The van der Waals surface area contributed by atoms with Crippen molar-refractivity contribution in [3.8, 4) is 0 Å². The summed E-state index contributed by atoms with van der Waals surface area (Å²) in [5, 5.41) is 0. The number of halogens is 1. The summed E-state index contributed by atoms with van der Waals surface area (Å²) < 4.78 is 27.1. The number of alkyl halides is 1. The summed E-state index contributed by atoms with van der Waals surface area (Å²) in [6, 6.07) is 6.95. The van der Waals surface area contributed by atoms with Gasteiger partial charge < -0.3 is 0 Å². The van der Waals surface area contributed by atoms with Crippen LogP contribution in [0.2, 0.25) is 0 Å². The van der Waals surface area contributed by atoms with Crippen molar-refractivity contribution in [2.24, 2.45) is 5.92 Å². The number of sulfonamides is 1. The van der Waals surface area contributed by atoms with Crippen LogP contribution in [0.4, 0.5) is 0 Å². The number of rotatable bonds is 5. The first kappa shape index (κ1) is 16.0. The lowest BCUT2D eigenvalue weighted by Gasteiger charge is -2.26. The van der Waals surface area contributed by atoms with Gasteiger partial charge in [-0.25, -0.2) is 13.1 Å². The monoisotopic (exact) mass is 359 g/mol. The number of hydrogen-bond acceptors (Lipinski definition) is 2. The Kier molecular flexibility index (Phi) is 5.64. The zero-order chi connectivity index (χ0) is 14.6. The van der Waals surface area contributed by atoms with Crippen LogP contribution >= 0.6 is 15.9 Å².